The molecule has 1 atom stereocenters. The molecule has 1 aromatic heterocycles. The first kappa shape index (κ1) is 24.1. The number of aryl methyl sites for hydroxylation is 1. The molecular formula is C20H21N5O6S2. The Morgan fingerprint density at radius 1 is 1.21 bits per heavy atom. The van der Waals surface area contributed by atoms with E-state index in [1.807, 2.05) is 0 Å². The number of anilines is 2. The van der Waals surface area contributed by atoms with Crippen LogP contribution in [0.2, 0.25) is 0 Å². The molecule has 0 unspecified atom stereocenters. The van der Waals surface area contributed by atoms with Crippen molar-refractivity contribution in [3.8, 4) is 16.3 Å². The Labute approximate surface area is 194 Å². The van der Waals surface area contributed by atoms with E-state index in [9.17, 15) is 23.3 Å². The number of nitrogens with zero attached hydrogens (tertiary/aromatic N) is 4. The van der Waals surface area contributed by atoms with Crippen molar-refractivity contribution in [3.63, 3.8) is 0 Å². The zero-order valence-corrected chi connectivity index (χ0v) is 19.8. The molecule has 11 nitrogen and oxygen atoms in total. The molecule has 1 heterocycles. The molecule has 2 aromatic carbocycles. The third kappa shape index (κ3) is 5.43. The lowest BCUT2D eigenvalue weighted by molar-refractivity contribution is -0.384. The zero-order valence-electron chi connectivity index (χ0n) is 18.2. The van der Waals surface area contributed by atoms with E-state index in [0.29, 0.717) is 16.3 Å². The van der Waals surface area contributed by atoms with Crippen molar-refractivity contribution >= 4 is 43.8 Å². The molecule has 0 saturated heterocycles. The first-order valence-corrected chi connectivity index (χ1v) is 12.2. The summed E-state index contributed by atoms with van der Waals surface area (Å²) in [6, 6.07) is 9.74. The van der Waals surface area contributed by atoms with Gasteiger partial charge in [-0.2, -0.15) is 0 Å². The number of nitro benzene ring substituents is 1. The van der Waals surface area contributed by atoms with Crippen LogP contribution in [0.3, 0.4) is 0 Å². The number of hydrogen-bond acceptors (Lipinski definition) is 9. The van der Waals surface area contributed by atoms with Gasteiger partial charge >= 0.3 is 0 Å². The molecule has 1 N–H and O–H groups in total. The van der Waals surface area contributed by atoms with Crippen LogP contribution in [0, 0.1) is 17.0 Å². The van der Waals surface area contributed by atoms with E-state index in [2.05, 4.69) is 15.5 Å². The normalized spacial score (nSPS) is 12.1. The number of rotatable bonds is 8. The number of amides is 1. The summed E-state index contributed by atoms with van der Waals surface area (Å²) in [5.41, 5.74) is 0.992. The Balaban J connectivity index is 1.86. The second-order valence-corrected chi connectivity index (χ2v) is 9.93. The van der Waals surface area contributed by atoms with E-state index >= 15 is 0 Å². The molecule has 0 aliphatic rings. The van der Waals surface area contributed by atoms with Gasteiger partial charge in [0.15, 0.2) is 0 Å². The Morgan fingerprint density at radius 2 is 1.88 bits per heavy atom. The summed E-state index contributed by atoms with van der Waals surface area (Å²) in [4.78, 5) is 23.4. The first-order valence-electron chi connectivity index (χ1n) is 9.54. The highest BCUT2D eigenvalue weighted by Gasteiger charge is 2.31. The number of carbonyl (C=O) groups is 1. The predicted octanol–water partition coefficient (Wildman–Crippen LogP) is 3.22. The van der Waals surface area contributed by atoms with Gasteiger partial charge in [-0.25, -0.2) is 8.42 Å². The summed E-state index contributed by atoms with van der Waals surface area (Å²) >= 11 is 1.12. The Morgan fingerprint density at radius 3 is 2.45 bits per heavy atom. The summed E-state index contributed by atoms with van der Waals surface area (Å²) in [6.07, 6.45) is 0.932. The number of aromatic nitrogens is 2. The summed E-state index contributed by atoms with van der Waals surface area (Å²) < 4.78 is 31.1. The summed E-state index contributed by atoms with van der Waals surface area (Å²) in [5.74, 6) is 0.0201. The van der Waals surface area contributed by atoms with E-state index in [4.69, 9.17) is 4.74 Å². The van der Waals surface area contributed by atoms with Crippen LogP contribution in [0.1, 0.15) is 12.5 Å². The number of non-ortho nitro benzene ring substituents is 1. The Hall–Kier alpha value is -3.58. The summed E-state index contributed by atoms with van der Waals surface area (Å²) in [5, 5.41) is 22.5. The van der Waals surface area contributed by atoms with Crippen LogP contribution in [-0.4, -0.2) is 48.9 Å². The molecule has 33 heavy (non-hydrogen) atoms. The van der Waals surface area contributed by atoms with Gasteiger partial charge in [-0.05, 0) is 43.7 Å². The number of sulfonamides is 1. The number of hydrogen-bond donors (Lipinski definition) is 1. The van der Waals surface area contributed by atoms with Gasteiger partial charge in [0.05, 0.1) is 24.0 Å². The van der Waals surface area contributed by atoms with E-state index < -0.39 is 26.9 Å². The fourth-order valence-corrected chi connectivity index (χ4v) is 5.04. The average Bonchev–Trinajstić information content (AvgIpc) is 3.22. The van der Waals surface area contributed by atoms with E-state index in [0.717, 1.165) is 33.5 Å². The SMILES string of the molecule is COc1ccc(-c2nnc(NC(=O)[C@@H](C)N(c3cc([N+](=O)[O-])ccc3C)S(C)(=O)=O)s2)cc1. The van der Waals surface area contributed by atoms with Gasteiger partial charge in [0.1, 0.15) is 16.8 Å². The summed E-state index contributed by atoms with van der Waals surface area (Å²) in [6.45, 7) is 2.99. The number of carbonyl (C=O) groups excluding carboxylic acids is 1. The molecule has 3 aromatic rings. The van der Waals surface area contributed by atoms with Crippen LogP contribution in [-0.2, 0) is 14.8 Å². The third-order valence-corrected chi connectivity index (χ3v) is 6.84. The van der Waals surface area contributed by atoms with Gasteiger partial charge in [-0.15, -0.1) is 10.2 Å². The van der Waals surface area contributed by atoms with Crippen LogP contribution in [0.25, 0.3) is 10.6 Å². The lowest BCUT2D eigenvalue weighted by Crippen LogP contribution is -2.45. The van der Waals surface area contributed by atoms with Crippen molar-refractivity contribution in [2.75, 3.05) is 23.0 Å². The first-order chi connectivity index (χ1) is 15.5. The minimum absolute atomic E-state index is 0.0468. The fourth-order valence-electron chi connectivity index (χ4n) is 3.06. The number of methoxy groups -OCH3 is 1. The molecule has 0 fully saturated rings. The van der Waals surface area contributed by atoms with Gasteiger partial charge < -0.3 is 4.74 Å². The van der Waals surface area contributed by atoms with Crippen molar-refractivity contribution in [1.82, 2.24) is 10.2 Å². The third-order valence-electron chi connectivity index (χ3n) is 4.72. The number of ether oxygens (including phenoxy) is 1. The minimum Gasteiger partial charge on any atom is -0.497 e. The monoisotopic (exact) mass is 491 g/mol. The maximum Gasteiger partial charge on any atom is 0.271 e. The Kier molecular flexibility index (Phi) is 6.93. The van der Waals surface area contributed by atoms with E-state index in [-0.39, 0.29) is 16.5 Å². The smallest absolute Gasteiger partial charge is 0.271 e. The van der Waals surface area contributed by atoms with Crippen LogP contribution < -0.4 is 14.4 Å². The van der Waals surface area contributed by atoms with Crippen molar-refractivity contribution in [2.45, 2.75) is 19.9 Å². The second-order valence-electron chi connectivity index (χ2n) is 7.09. The van der Waals surface area contributed by atoms with Crippen LogP contribution >= 0.6 is 11.3 Å². The maximum absolute atomic E-state index is 12.9. The standard InChI is InChI=1S/C20H21N5O6S2/c1-12-5-8-15(25(27)28)11-17(12)24(33(4,29)30)13(2)18(26)21-20-23-22-19(32-20)14-6-9-16(31-3)10-7-14/h5-11,13H,1-4H3,(H,21,23,26)/t13-/m1/s1. The quantitative estimate of drug-likeness (QED) is 0.373. The van der Waals surface area contributed by atoms with Gasteiger partial charge in [0, 0.05) is 17.7 Å². The maximum atomic E-state index is 12.9. The second kappa shape index (κ2) is 9.50. The topological polar surface area (TPSA) is 145 Å². The van der Waals surface area contributed by atoms with E-state index in [1.165, 1.54) is 19.1 Å². The molecule has 3 rings (SSSR count). The molecule has 0 radical (unpaired) electrons. The number of nitrogens with one attached hydrogen (secondary N) is 1. The molecular weight excluding hydrogens is 470 g/mol. The molecule has 0 saturated carbocycles. The molecule has 13 heteroatoms. The minimum atomic E-state index is -3.96. The van der Waals surface area contributed by atoms with Gasteiger partial charge in [0.25, 0.3) is 5.69 Å². The fraction of sp³-hybridized carbons (Fsp3) is 0.250. The Bertz CT molecular complexity index is 1290. The van der Waals surface area contributed by atoms with E-state index in [1.54, 1.807) is 38.3 Å². The highest BCUT2D eigenvalue weighted by molar-refractivity contribution is 7.92. The van der Waals surface area contributed by atoms with Crippen LogP contribution in [0.4, 0.5) is 16.5 Å². The zero-order chi connectivity index (χ0) is 24.3. The predicted molar refractivity (Wildman–Crippen MR) is 125 cm³/mol. The van der Waals surface area contributed by atoms with Gasteiger partial charge in [-0.3, -0.25) is 24.5 Å². The average molecular weight is 492 g/mol. The van der Waals surface area contributed by atoms with Gasteiger partial charge in [-0.1, -0.05) is 17.4 Å². The van der Waals surface area contributed by atoms with Gasteiger partial charge in [0.2, 0.25) is 21.1 Å². The molecule has 1 amide bonds. The van der Waals surface area contributed by atoms with Crippen molar-refractivity contribution in [1.29, 1.82) is 0 Å². The molecule has 0 aliphatic carbocycles. The largest absolute Gasteiger partial charge is 0.497 e. The number of benzene rings is 2. The van der Waals surface area contributed by atoms with Crippen LogP contribution in [0.15, 0.2) is 42.5 Å². The lowest BCUT2D eigenvalue weighted by atomic mass is 10.1. The highest BCUT2D eigenvalue weighted by Crippen LogP contribution is 2.31. The van der Waals surface area contributed by atoms with Crippen molar-refractivity contribution in [2.24, 2.45) is 0 Å². The molecule has 0 aliphatic heterocycles. The molecule has 0 spiro atoms. The van der Waals surface area contributed by atoms with Crippen molar-refractivity contribution in [3.05, 3.63) is 58.1 Å². The lowest BCUT2D eigenvalue weighted by Gasteiger charge is -2.29. The van der Waals surface area contributed by atoms with Crippen molar-refractivity contribution < 1.29 is 22.9 Å². The number of nitro groups is 1. The molecule has 174 valence electrons. The molecule has 0 bridgehead atoms. The summed E-state index contributed by atoms with van der Waals surface area (Å²) in [7, 11) is -2.40. The highest BCUT2D eigenvalue weighted by atomic mass is 32.2. The van der Waals surface area contributed by atoms with Crippen LogP contribution in [0.5, 0.6) is 5.75 Å².